The second-order valence-corrected chi connectivity index (χ2v) is 7.14. The van der Waals surface area contributed by atoms with Crippen LogP contribution in [0.5, 0.6) is 17.2 Å². The number of rotatable bonds is 8. The molecule has 2 unspecified atom stereocenters. The monoisotopic (exact) mass is 349 g/mol. The number of carbonyl (C=O) groups is 1. The molecule has 5 heteroatoms. The zero-order valence-corrected chi connectivity index (χ0v) is 16.1. The van der Waals surface area contributed by atoms with Crippen LogP contribution in [-0.2, 0) is 0 Å². The minimum Gasteiger partial charge on any atom is -0.496 e. The first-order chi connectivity index (χ1) is 12.0. The van der Waals surface area contributed by atoms with Gasteiger partial charge in [-0.1, -0.05) is 13.8 Å². The zero-order valence-electron chi connectivity index (χ0n) is 16.1. The number of hydrogen-bond donors (Lipinski definition) is 0. The molecule has 5 nitrogen and oxygen atoms in total. The molecule has 0 radical (unpaired) electrons. The quantitative estimate of drug-likeness (QED) is 0.671. The first-order valence-corrected chi connectivity index (χ1v) is 9.04. The van der Waals surface area contributed by atoms with Crippen molar-refractivity contribution in [3.05, 3.63) is 17.7 Å². The average Bonchev–Trinajstić information content (AvgIpc) is 2.59. The summed E-state index contributed by atoms with van der Waals surface area (Å²) in [6.45, 7) is 7.84. The van der Waals surface area contributed by atoms with Crippen LogP contribution in [0.15, 0.2) is 12.1 Å². The Morgan fingerprint density at radius 3 is 2.08 bits per heavy atom. The van der Waals surface area contributed by atoms with Gasteiger partial charge in [0.1, 0.15) is 22.8 Å². The molecule has 1 aromatic carbocycles. The van der Waals surface area contributed by atoms with E-state index in [2.05, 4.69) is 18.7 Å². The van der Waals surface area contributed by atoms with Gasteiger partial charge < -0.3 is 19.1 Å². The van der Waals surface area contributed by atoms with Crippen LogP contribution in [0.1, 0.15) is 43.5 Å². The molecule has 1 aliphatic heterocycles. The number of hydrogen-bond acceptors (Lipinski definition) is 5. The third kappa shape index (κ3) is 5.11. The number of carbonyl (C=O) groups excluding carboxylic acids is 1. The fourth-order valence-electron chi connectivity index (χ4n) is 3.84. The predicted octanol–water partition coefficient (Wildman–Crippen LogP) is 3.65. The first-order valence-electron chi connectivity index (χ1n) is 9.04. The average molecular weight is 349 g/mol. The van der Waals surface area contributed by atoms with E-state index in [0.717, 1.165) is 37.9 Å². The van der Waals surface area contributed by atoms with Crippen molar-refractivity contribution in [1.82, 2.24) is 4.90 Å². The van der Waals surface area contributed by atoms with Gasteiger partial charge in [0.15, 0.2) is 5.78 Å². The van der Waals surface area contributed by atoms with Crippen LogP contribution >= 0.6 is 0 Å². The van der Waals surface area contributed by atoms with Crippen molar-refractivity contribution in [2.24, 2.45) is 11.8 Å². The van der Waals surface area contributed by atoms with Gasteiger partial charge in [-0.25, -0.2) is 0 Å². The second-order valence-electron chi connectivity index (χ2n) is 7.14. The van der Waals surface area contributed by atoms with E-state index in [1.165, 1.54) is 6.42 Å². The maximum atomic E-state index is 12.8. The summed E-state index contributed by atoms with van der Waals surface area (Å²) in [6, 6.07) is 3.45. The Hall–Kier alpha value is -1.75. The Kier molecular flexibility index (Phi) is 7.12. The molecule has 0 spiro atoms. The van der Waals surface area contributed by atoms with Gasteiger partial charge in [0.2, 0.25) is 0 Å². The summed E-state index contributed by atoms with van der Waals surface area (Å²) in [6.07, 6.45) is 2.63. The highest BCUT2D eigenvalue weighted by Gasteiger charge is 2.23. The molecule has 2 atom stereocenters. The number of Topliss-reactive ketones (excluding diaryl/α,β-unsaturated/α-hetero) is 1. The summed E-state index contributed by atoms with van der Waals surface area (Å²) in [7, 11) is 4.69. The van der Waals surface area contributed by atoms with Crippen LogP contribution in [0.4, 0.5) is 0 Å². The third-order valence-corrected chi connectivity index (χ3v) is 4.82. The van der Waals surface area contributed by atoms with Crippen molar-refractivity contribution >= 4 is 5.78 Å². The molecule has 1 fully saturated rings. The molecule has 2 rings (SSSR count). The topological polar surface area (TPSA) is 48.0 Å². The largest absolute Gasteiger partial charge is 0.496 e. The van der Waals surface area contributed by atoms with Gasteiger partial charge in [-0.15, -0.1) is 0 Å². The van der Waals surface area contributed by atoms with Crippen molar-refractivity contribution in [2.45, 2.75) is 33.1 Å². The van der Waals surface area contributed by atoms with Crippen molar-refractivity contribution in [3.63, 3.8) is 0 Å². The van der Waals surface area contributed by atoms with Gasteiger partial charge >= 0.3 is 0 Å². The fraction of sp³-hybridized carbons (Fsp3) is 0.650. The van der Waals surface area contributed by atoms with Gasteiger partial charge in [0, 0.05) is 31.6 Å². The van der Waals surface area contributed by atoms with E-state index in [1.807, 2.05) is 0 Å². The van der Waals surface area contributed by atoms with Crippen LogP contribution in [0.25, 0.3) is 0 Å². The van der Waals surface area contributed by atoms with E-state index in [-0.39, 0.29) is 5.78 Å². The molecule has 1 aliphatic rings. The van der Waals surface area contributed by atoms with E-state index < -0.39 is 0 Å². The Morgan fingerprint density at radius 1 is 1.04 bits per heavy atom. The highest BCUT2D eigenvalue weighted by Crippen LogP contribution is 2.35. The van der Waals surface area contributed by atoms with Gasteiger partial charge in [-0.3, -0.25) is 4.79 Å². The number of likely N-dealkylation sites (tertiary alicyclic amines) is 1. The van der Waals surface area contributed by atoms with Crippen molar-refractivity contribution in [2.75, 3.05) is 41.0 Å². The normalized spacial score (nSPS) is 21.0. The number of methoxy groups -OCH3 is 3. The predicted molar refractivity (Wildman–Crippen MR) is 99.0 cm³/mol. The maximum absolute atomic E-state index is 12.8. The number of nitrogens with zero attached hydrogens (tertiary/aromatic N) is 1. The SMILES string of the molecule is COc1cc(OC)c(C(=O)CCCN2CC(C)CC(C)C2)c(OC)c1. The highest BCUT2D eigenvalue weighted by atomic mass is 16.5. The Labute approximate surface area is 151 Å². The zero-order chi connectivity index (χ0) is 18.4. The van der Waals surface area contributed by atoms with Crippen molar-refractivity contribution in [1.29, 1.82) is 0 Å². The molecule has 140 valence electrons. The van der Waals surface area contributed by atoms with Gasteiger partial charge in [0.05, 0.1) is 21.3 Å². The molecular formula is C20H31NO4. The Bertz CT molecular complexity index is 552. The van der Waals surface area contributed by atoms with Crippen LogP contribution in [0.2, 0.25) is 0 Å². The van der Waals surface area contributed by atoms with Crippen molar-refractivity contribution in [3.8, 4) is 17.2 Å². The molecule has 25 heavy (non-hydrogen) atoms. The lowest BCUT2D eigenvalue weighted by Crippen LogP contribution is -2.39. The molecule has 0 saturated carbocycles. The molecule has 1 aromatic rings. The second kappa shape index (κ2) is 9.09. The molecule has 1 saturated heterocycles. The highest BCUT2D eigenvalue weighted by molar-refractivity contribution is 6.01. The lowest BCUT2D eigenvalue weighted by molar-refractivity contribution is 0.0956. The van der Waals surface area contributed by atoms with Crippen molar-refractivity contribution < 1.29 is 19.0 Å². The van der Waals surface area contributed by atoms with Crippen LogP contribution in [-0.4, -0.2) is 51.6 Å². The lowest BCUT2D eigenvalue weighted by atomic mass is 9.91. The number of ether oxygens (including phenoxy) is 3. The molecule has 0 aliphatic carbocycles. The van der Waals surface area contributed by atoms with Crippen LogP contribution in [0.3, 0.4) is 0 Å². The Balaban J connectivity index is 2.00. The van der Waals surface area contributed by atoms with Crippen LogP contribution < -0.4 is 14.2 Å². The summed E-state index contributed by atoms with van der Waals surface area (Å²) in [5.74, 6) is 3.14. The number of ketones is 1. The molecule has 0 bridgehead atoms. The third-order valence-electron chi connectivity index (χ3n) is 4.82. The summed E-state index contributed by atoms with van der Waals surface area (Å²) in [5.41, 5.74) is 0.506. The maximum Gasteiger partial charge on any atom is 0.170 e. The van der Waals surface area contributed by atoms with Crippen LogP contribution in [0, 0.1) is 11.8 Å². The molecule has 0 amide bonds. The Morgan fingerprint density at radius 2 is 1.60 bits per heavy atom. The summed E-state index contributed by atoms with van der Waals surface area (Å²) >= 11 is 0. The molecular weight excluding hydrogens is 318 g/mol. The van der Waals surface area contributed by atoms with E-state index in [9.17, 15) is 4.79 Å². The van der Waals surface area contributed by atoms with Gasteiger partial charge in [-0.05, 0) is 31.2 Å². The molecule has 0 aromatic heterocycles. The van der Waals surface area contributed by atoms with Gasteiger partial charge in [0.25, 0.3) is 0 Å². The first kappa shape index (κ1) is 19.6. The minimum absolute atomic E-state index is 0.0504. The molecule has 1 heterocycles. The summed E-state index contributed by atoms with van der Waals surface area (Å²) in [5, 5.41) is 0. The smallest absolute Gasteiger partial charge is 0.170 e. The summed E-state index contributed by atoms with van der Waals surface area (Å²) in [4.78, 5) is 15.2. The number of benzene rings is 1. The van der Waals surface area contributed by atoms with E-state index in [1.54, 1.807) is 33.5 Å². The van der Waals surface area contributed by atoms with E-state index >= 15 is 0 Å². The van der Waals surface area contributed by atoms with E-state index in [0.29, 0.717) is 29.2 Å². The standard InChI is InChI=1S/C20H31NO4/c1-14-9-15(2)13-21(12-14)8-6-7-17(22)20-18(24-4)10-16(23-3)11-19(20)25-5/h10-11,14-15H,6-9,12-13H2,1-5H3. The summed E-state index contributed by atoms with van der Waals surface area (Å²) < 4.78 is 16.0. The van der Waals surface area contributed by atoms with E-state index in [4.69, 9.17) is 14.2 Å². The molecule has 0 N–H and O–H groups in total. The fourth-order valence-corrected chi connectivity index (χ4v) is 3.84. The lowest BCUT2D eigenvalue weighted by Gasteiger charge is -2.34. The number of piperidine rings is 1. The van der Waals surface area contributed by atoms with Gasteiger partial charge in [-0.2, -0.15) is 0 Å². The minimum atomic E-state index is 0.0504.